The number of thioether (sulfide) groups is 1. The number of nitrogens with zero attached hydrogens (tertiary/aromatic N) is 4. The lowest BCUT2D eigenvalue weighted by atomic mass is 10.2. The first kappa shape index (κ1) is 17.4. The zero-order chi connectivity index (χ0) is 17.8. The summed E-state index contributed by atoms with van der Waals surface area (Å²) in [6.45, 7) is 1.95. The molecule has 0 unspecified atom stereocenters. The molecule has 3 aromatic rings. The van der Waals surface area contributed by atoms with E-state index in [2.05, 4.69) is 20.5 Å². The SMILES string of the molecule is Cc1ccc(NC(=O)CSc2nnc(-c3cccnc3)n2C)c(Cl)c1. The number of carbonyl (C=O) groups is 1. The van der Waals surface area contributed by atoms with E-state index in [1.54, 1.807) is 18.5 Å². The molecule has 2 heterocycles. The Hall–Kier alpha value is -2.38. The van der Waals surface area contributed by atoms with Gasteiger partial charge in [0.2, 0.25) is 5.91 Å². The van der Waals surface area contributed by atoms with Crippen molar-refractivity contribution >= 4 is 35.0 Å². The van der Waals surface area contributed by atoms with E-state index in [4.69, 9.17) is 11.6 Å². The number of hydrogen-bond acceptors (Lipinski definition) is 5. The molecule has 0 bridgehead atoms. The molecular weight excluding hydrogens is 358 g/mol. The molecule has 128 valence electrons. The van der Waals surface area contributed by atoms with Gasteiger partial charge in [-0.3, -0.25) is 9.78 Å². The molecule has 0 spiro atoms. The van der Waals surface area contributed by atoms with Gasteiger partial charge < -0.3 is 9.88 Å². The van der Waals surface area contributed by atoms with Crippen molar-refractivity contribution in [1.82, 2.24) is 19.7 Å². The predicted molar refractivity (Wildman–Crippen MR) is 99.8 cm³/mol. The van der Waals surface area contributed by atoms with Crippen LogP contribution in [0.1, 0.15) is 5.56 Å². The number of amides is 1. The highest BCUT2D eigenvalue weighted by atomic mass is 35.5. The average molecular weight is 374 g/mol. The third-order valence-corrected chi connectivity index (χ3v) is 4.82. The summed E-state index contributed by atoms with van der Waals surface area (Å²) in [6, 6.07) is 9.26. The minimum Gasteiger partial charge on any atom is -0.324 e. The van der Waals surface area contributed by atoms with Crippen molar-refractivity contribution in [3.63, 3.8) is 0 Å². The fraction of sp³-hybridized carbons (Fsp3) is 0.176. The van der Waals surface area contributed by atoms with Gasteiger partial charge in [-0.25, -0.2) is 0 Å². The second-order valence-electron chi connectivity index (χ2n) is 5.43. The van der Waals surface area contributed by atoms with Crippen molar-refractivity contribution in [1.29, 1.82) is 0 Å². The number of pyridine rings is 1. The summed E-state index contributed by atoms with van der Waals surface area (Å²) in [7, 11) is 1.86. The Morgan fingerprint density at radius 2 is 2.16 bits per heavy atom. The maximum absolute atomic E-state index is 12.2. The first-order valence-electron chi connectivity index (χ1n) is 7.53. The smallest absolute Gasteiger partial charge is 0.234 e. The van der Waals surface area contributed by atoms with Crippen molar-refractivity contribution < 1.29 is 4.79 Å². The first-order chi connectivity index (χ1) is 12.0. The number of anilines is 1. The van der Waals surface area contributed by atoms with E-state index in [1.165, 1.54) is 11.8 Å². The average Bonchev–Trinajstić information content (AvgIpc) is 2.97. The van der Waals surface area contributed by atoms with E-state index in [0.717, 1.165) is 11.1 Å². The maximum Gasteiger partial charge on any atom is 0.234 e. The Bertz CT molecular complexity index is 897. The van der Waals surface area contributed by atoms with E-state index >= 15 is 0 Å². The summed E-state index contributed by atoms with van der Waals surface area (Å²) in [5.41, 5.74) is 2.52. The minimum absolute atomic E-state index is 0.151. The first-order valence-corrected chi connectivity index (χ1v) is 8.89. The molecule has 25 heavy (non-hydrogen) atoms. The van der Waals surface area contributed by atoms with Gasteiger partial charge in [0, 0.05) is 25.0 Å². The van der Waals surface area contributed by atoms with Crippen molar-refractivity contribution in [2.45, 2.75) is 12.1 Å². The molecule has 0 radical (unpaired) electrons. The zero-order valence-corrected chi connectivity index (χ0v) is 15.3. The van der Waals surface area contributed by atoms with Gasteiger partial charge in [-0.05, 0) is 36.8 Å². The highest BCUT2D eigenvalue weighted by molar-refractivity contribution is 7.99. The molecule has 1 N–H and O–H groups in total. The van der Waals surface area contributed by atoms with Crippen LogP contribution in [0.15, 0.2) is 47.9 Å². The summed E-state index contributed by atoms with van der Waals surface area (Å²) < 4.78 is 1.84. The van der Waals surface area contributed by atoms with Gasteiger partial charge in [0.15, 0.2) is 11.0 Å². The number of benzene rings is 1. The predicted octanol–water partition coefficient (Wildman–Crippen LogP) is 3.57. The van der Waals surface area contributed by atoms with Crippen LogP contribution in [0.2, 0.25) is 5.02 Å². The Balaban J connectivity index is 1.64. The Labute approximate surface area is 154 Å². The molecule has 8 heteroatoms. The molecule has 0 fully saturated rings. The van der Waals surface area contributed by atoms with E-state index in [1.807, 2.05) is 42.8 Å². The lowest BCUT2D eigenvalue weighted by Crippen LogP contribution is -2.14. The fourth-order valence-electron chi connectivity index (χ4n) is 2.22. The molecule has 2 aromatic heterocycles. The van der Waals surface area contributed by atoms with Gasteiger partial charge in [0.25, 0.3) is 0 Å². The molecule has 0 saturated heterocycles. The van der Waals surface area contributed by atoms with Gasteiger partial charge in [0.1, 0.15) is 0 Å². The molecule has 0 aliphatic heterocycles. The summed E-state index contributed by atoms with van der Waals surface area (Å²) >= 11 is 7.45. The van der Waals surface area contributed by atoms with Crippen LogP contribution in [0.25, 0.3) is 11.4 Å². The minimum atomic E-state index is -0.151. The highest BCUT2D eigenvalue weighted by Crippen LogP contribution is 2.24. The van der Waals surface area contributed by atoms with Gasteiger partial charge in [-0.1, -0.05) is 29.4 Å². The summed E-state index contributed by atoms with van der Waals surface area (Å²) in [4.78, 5) is 16.2. The number of hydrogen-bond donors (Lipinski definition) is 1. The number of aryl methyl sites for hydroxylation is 1. The van der Waals surface area contributed by atoms with Crippen LogP contribution in [0.5, 0.6) is 0 Å². The third-order valence-electron chi connectivity index (χ3n) is 3.49. The molecule has 0 aliphatic rings. The van der Waals surface area contributed by atoms with Crippen molar-refractivity contribution in [2.24, 2.45) is 7.05 Å². The quantitative estimate of drug-likeness (QED) is 0.692. The summed E-state index contributed by atoms with van der Waals surface area (Å²) in [5.74, 6) is 0.766. The van der Waals surface area contributed by atoms with Crippen LogP contribution < -0.4 is 5.32 Å². The lowest BCUT2D eigenvalue weighted by molar-refractivity contribution is -0.113. The fourth-order valence-corrected chi connectivity index (χ4v) is 3.22. The molecule has 3 rings (SSSR count). The Morgan fingerprint density at radius 3 is 2.88 bits per heavy atom. The van der Waals surface area contributed by atoms with Gasteiger partial charge in [-0.15, -0.1) is 10.2 Å². The van der Waals surface area contributed by atoms with Crippen LogP contribution >= 0.6 is 23.4 Å². The van der Waals surface area contributed by atoms with Crippen LogP contribution in [0, 0.1) is 6.92 Å². The van der Waals surface area contributed by atoms with Crippen molar-refractivity contribution in [3.05, 3.63) is 53.3 Å². The maximum atomic E-state index is 12.2. The van der Waals surface area contributed by atoms with Gasteiger partial charge in [0.05, 0.1) is 16.5 Å². The monoisotopic (exact) mass is 373 g/mol. The molecular formula is C17H16ClN5OS. The number of aromatic nitrogens is 4. The second-order valence-corrected chi connectivity index (χ2v) is 6.78. The van der Waals surface area contributed by atoms with E-state index in [9.17, 15) is 4.79 Å². The van der Waals surface area contributed by atoms with Crippen LogP contribution in [-0.4, -0.2) is 31.4 Å². The van der Waals surface area contributed by atoms with E-state index < -0.39 is 0 Å². The number of nitrogens with one attached hydrogen (secondary N) is 1. The highest BCUT2D eigenvalue weighted by Gasteiger charge is 2.13. The van der Waals surface area contributed by atoms with Gasteiger partial charge in [-0.2, -0.15) is 0 Å². The summed E-state index contributed by atoms with van der Waals surface area (Å²) in [6.07, 6.45) is 3.43. The normalized spacial score (nSPS) is 10.7. The zero-order valence-electron chi connectivity index (χ0n) is 13.7. The number of rotatable bonds is 5. The summed E-state index contributed by atoms with van der Waals surface area (Å²) in [5, 5.41) is 12.3. The molecule has 1 aromatic carbocycles. The molecule has 0 aliphatic carbocycles. The second kappa shape index (κ2) is 7.67. The largest absolute Gasteiger partial charge is 0.324 e. The van der Waals surface area contributed by atoms with Crippen LogP contribution in [0.3, 0.4) is 0 Å². The standard InChI is InChI=1S/C17H16ClN5OS/c1-11-5-6-14(13(18)8-11)20-15(24)10-25-17-22-21-16(23(17)2)12-4-3-7-19-9-12/h3-9H,10H2,1-2H3,(H,20,24). The third kappa shape index (κ3) is 4.18. The topological polar surface area (TPSA) is 72.7 Å². The lowest BCUT2D eigenvalue weighted by Gasteiger charge is -2.08. The van der Waals surface area contributed by atoms with Gasteiger partial charge >= 0.3 is 0 Å². The Kier molecular flexibility index (Phi) is 5.35. The number of halogens is 1. The number of carbonyl (C=O) groups excluding carboxylic acids is 1. The van der Waals surface area contributed by atoms with E-state index in [0.29, 0.717) is 21.7 Å². The molecule has 6 nitrogen and oxygen atoms in total. The Morgan fingerprint density at radius 1 is 1.32 bits per heavy atom. The van der Waals surface area contributed by atoms with Crippen LogP contribution in [0.4, 0.5) is 5.69 Å². The molecule has 0 saturated carbocycles. The van der Waals surface area contributed by atoms with E-state index in [-0.39, 0.29) is 11.7 Å². The molecule has 0 atom stereocenters. The van der Waals surface area contributed by atoms with Crippen molar-refractivity contribution in [3.8, 4) is 11.4 Å². The van der Waals surface area contributed by atoms with Crippen molar-refractivity contribution in [2.75, 3.05) is 11.1 Å². The molecule has 1 amide bonds. The van der Waals surface area contributed by atoms with Crippen LogP contribution in [-0.2, 0) is 11.8 Å².